The van der Waals surface area contributed by atoms with Gasteiger partial charge in [0.1, 0.15) is 0 Å². The number of fused-ring (bicyclic) bond motifs is 2. The number of carbonyl (C=O) groups excluding carboxylic acids is 2. The van der Waals surface area contributed by atoms with Gasteiger partial charge >= 0.3 is 5.97 Å². The van der Waals surface area contributed by atoms with Crippen LogP contribution in [0.25, 0.3) is 0 Å². The zero-order valence-corrected chi connectivity index (χ0v) is 16.0. The summed E-state index contributed by atoms with van der Waals surface area (Å²) < 4.78 is 0. The summed E-state index contributed by atoms with van der Waals surface area (Å²) in [6.45, 7) is 2.43. The summed E-state index contributed by atoms with van der Waals surface area (Å²) >= 11 is 0. The molecule has 1 fully saturated rings. The number of anilines is 2. The van der Waals surface area contributed by atoms with Gasteiger partial charge in [0.25, 0.3) is 5.91 Å². The molecule has 5 heteroatoms. The number of hydrogen-bond donors (Lipinski definition) is 0. The third kappa shape index (κ3) is 2.62. The van der Waals surface area contributed by atoms with Crippen molar-refractivity contribution < 1.29 is 14.4 Å². The van der Waals surface area contributed by atoms with Gasteiger partial charge in [-0.1, -0.05) is 66.2 Å². The van der Waals surface area contributed by atoms with Gasteiger partial charge in [0.2, 0.25) is 0 Å². The zero-order valence-electron chi connectivity index (χ0n) is 16.0. The molecule has 0 bridgehead atoms. The summed E-state index contributed by atoms with van der Waals surface area (Å²) in [5, 5.41) is 1.50. The first-order valence-electron chi connectivity index (χ1n) is 9.63. The summed E-state index contributed by atoms with van der Waals surface area (Å²) in [5.74, 6) is -0.548. The van der Waals surface area contributed by atoms with Gasteiger partial charge in [-0.3, -0.25) is 4.79 Å². The van der Waals surface area contributed by atoms with E-state index in [1.165, 1.54) is 5.06 Å². The molecule has 2 heterocycles. The molecular formula is C24H20N2O3. The maximum absolute atomic E-state index is 13.9. The van der Waals surface area contributed by atoms with Gasteiger partial charge in [-0.2, -0.15) is 5.06 Å². The number of hydroxylamine groups is 1. The minimum absolute atomic E-state index is 0.0114. The van der Waals surface area contributed by atoms with Gasteiger partial charge in [0.05, 0.1) is 24.3 Å². The Bertz CT molecular complexity index is 1100. The van der Waals surface area contributed by atoms with Crippen LogP contribution >= 0.6 is 0 Å². The number of benzene rings is 3. The lowest BCUT2D eigenvalue weighted by Gasteiger charge is -2.32. The van der Waals surface area contributed by atoms with Crippen LogP contribution in [0, 0.1) is 6.92 Å². The van der Waals surface area contributed by atoms with Gasteiger partial charge in [-0.15, -0.1) is 0 Å². The molecule has 2 aliphatic heterocycles. The Balaban J connectivity index is 1.68. The molecule has 3 aromatic carbocycles. The van der Waals surface area contributed by atoms with E-state index >= 15 is 0 Å². The van der Waals surface area contributed by atoms with Crippen LogP contribution in [0.3, 0.4) is 0 Å². The summed E-state index contributed by atoms with van der Waals surface area (Å²) in [5.41, 5.74) is 3.19. The fraction of sp³-hybridized carbons (Fsp3) is 0.167. The van der Waals surface area contributed by atoms with Gasteiger partial charge in [0, 0.05) is 5.56 Å². The van der Waals surface area contributed by atoms with Crippen LogP contribution in [-0.4, -0.2) is 11.9 Å². The van der Waals surface area contributed by atoms with Gasteiger partial charge < -0.3 is 9.74 Å². The van der Waals surface area contributed by atoms with Crippen LogP contribution in [-0.2, 0) is 26.5 Å². The Kier molecular flexibility index (Phi) is 3.91. The molecule has 1 spiro atoms. The summed E-state index contributed by atoms with van der Waals surface area (Å²) in [4.78, 5) is 33.7. The first kappa shape index (κ1) is 17.5. The van der Waals surface area contributed by atoms with Crippen molar-refractivity contribution in [3.05, 3.63) is 95.6 Å². The molecule has 29 heavy (non-hydrogen) atoms. The first-order chi connectivity index (χ1) is 14.1. The van der Waals surface area contributed by atoms with Crippen LogP contribution in [0.1, 0.15) is 23.1 Å². The Morgan fingerprint density at radius 2 is 1.62 bits per heavy atom. The molecule has 1 saturated heterocycles. The molecule has 0 aromatic heterocycles. The second kappa shape index (κ2) is 6.48. The van der Waals surface area contributed by atoms with E-state index in [2.05, 4.69) is 0 Å². The number of para-hydroxylation sites is 1. The van der Waals surface area contributed by atoms with Gasteiger partial charge in [0.15, 0.2) is 5.54 Å². The fourth-order valence-electron chi connectivity index (χ4n) is 4.28. The Morgan fingerprint density at radius 1 is 0.931 bits per heavy atom. The van der Waals surface area contributed by atoms with E-state index in [9.17, 15) is 9.59 Å². The predicted molar refractivity (Wildman–Crippen MR) is 110 cm³/mol. The van der Waals surface area contributed by atoms with E-state index < -0.39 is 11.5 Å². The molecule has 0 unspecified atom stereocenters. The number of rotatable bonds is 3. The predicted octanol–water partition coefficient (Wildman–Crippen LogP) is 4.11. The average molecular weight is 384 g/mol. The lowest BCUT2D eigenvalue weighted by Crippen LogP contribution is -2.49. The number of nitrogens with zero attached hydrogens (tertiary/aromatic N) is 2. The van der Waals surface area contributed by atoms with E-state index in [1.807, 2.05) is 85.8 Å². The normalized spacial score (nSPS) is 20.3. The van der Waals surface area contributed by atoms with Crippen molar-refractivity contribution in [2.75, 3.05) is 9.96 Å². The molecular weight excluding hydrogens is 364 g/mol. The zero-order chi connectivity index (χ0) is 20.0. The van der Waals surface area contributed by atoms with Crippen molar-refractivity contribution in [2.24, 2.45) is 0 Å². The van der Waals surface area contributed by atoms with E-state index in [4.69, 9.17) is 4.84 Å². The maximum Gasteiger partial charge on any atom is 0.335 e. The second-order valence-corrected chi connectivity index (χ2v) is 7.53. The molecule has 1 amide bonds. The molecule has 2 aliphatic rings. The third-order valence-electron chi connectivity index (χ3n) is 5.60. The smallest absolute Gasteiger partial charge is 0.335 e. The number of hydrogen-bond acceptors (Lipinski definition) is 4. The molecule has 0 saturated carbocycles. The summed E-state index contributed by atoms with van der Waals surface area (Å²) in [6, 6.07) is 25.1. The highest BCUT2D eigenvalue weighted by Crippen LogP contribution is 2.51. The average Bonchev–Trinajstić information content (AvgIpc) is 3.20. The lowest BCUT2D eigenvalue weighted by molar-refractivity contribution is -0.139. The van der Waals surface area contributed by atoms with Crippen molar-refractivity contribution in [1.29, 1.82) is 0 Å². The summed E-state index contributed by atoms with van der Waals surface area (Å²) in [6.07, 6.45) is -0.0114. The van der Waals surface area contributed by atoms with Crippen molar-refractivity contribution >= 4 is 23.3 Å². The van der Waals surface area contributed by atoms with Crippen molar-refractivity contribution in [3.63, 3.8) is 0 Å². The van der Waals surface area contributed by atoms with Crippen LogP contribution in [0.4, 0.5) is 11.4 Å². The molecule has 3 aromatic rings. The van der Waals surface area contributed by atoms with E-state index in [-0.39, 0.29) is 12.3 Å². The van der Waals surface area contributed by atoms with Gasteiger partial charge in [-0.25, -0.2) is 4.79 Å². The lowest BCUT2D eigenvalue weighted by atomic mass is 9.87. The fourth-order valence-corrected chi connectivity index (χ4v) is 4.28. The largest absolute Gasteiger partial charge is 0.339 e. The third-order valence-corrected chi connectivity index (χ3v) is 5.60. The molecule has 5 rings (SSSR count). The number of aryl methyl sites for hydroxylation is 1. The minimum atomic E-state index is -1.19. The molecule has 5 nitrogen and oxygen atoms in total. The van der Waals surface area contributed by atoms with Crippen molar-refractivity contribution in [3.8, 4) is 0 Å². The van der Waals surface area contributed by atoms with Crippen molar-refractivity contribution in [1.82, 2.24) is 0 Å². The highest BCUT2D eigenvalue weighted by Gasteiger charge is 2.62. The molecule has 0 aliphatic carbocycles. The van der Waals surface area contributed by atoms with Crippen LogP contribution < -0.4 is 9.96 Å². The Morgan fingerprint density at radius 3 is 2.34 bits per heavy atom. The SMILES string of the molecule is Cc1ccc2c(c1)[C@]1(CC(=O)ON1c1ccccc1)C(=O)N2Cc1ccccc1. The maximum atomic E-state index is 13.9. The monoisotopic (exact) mass is 384 g/mol. The molecule has 144 valence electrons. The second-order valence-electron chi connectivity index (χ2n) is 7.53. The minimum Gasteiger partial charge on any atom is -0.339 e. The Hall–Kier alpha value is -3.60. The summed E-state index contributed by atoms with van der Waals surface area (Å²) in [7, 11) is 0. The van der Waals surface area contributed by atoms with E-state index in [0.29, 0.717) is 12.2 Å². The van der Waals surface area contributed by atoms with Crippen molar-refractivity contribution in [2.45, 2.75) is 25.4 Å². The number of amides is 1. The van der Waals surface area contributed by atoms with E-state index in [1.54, 1.807) is 4.90 Å². The topological polar surface area (TPSA) is 49.9 Å². The highest BCUT2D eigenvalue weighted by atomic mass is 16.7. The van der Waals surface area contributed by atoms with Crippen LogP contribution in [0.2, 0.25) is 0 Å². The molecule has 1 atom stereocenters. The van der Waals surface area contributed by atoms with Crippen LogP contribution in [0.5, 0.6) is 0 Å². The van der Waals surface area contributed by atoms with Crippen LogP contribution in [0.15, 0.2) is 78.9 Å². The first-order valence-corrected chi connectivity index (χ1v) is 9.63. The van der Waals surface area contributed by atoms with E-state index in [0.717, 1.165) is 22.4 Å². The highest BCUT2D eigenvalue weighted by molar-refractivity contribution is 6.12. The quantitative estimate of drug-likeness (QED) is 0.682. The van der Waals surface area contributed by atoms with Gasteiger partial charge in [-0.05, 0) is 30.7 Å². The number of carbonyl (C=O) groups is 2. The standard InChI is InChI=1S/C24H20N2O3/c1-17-12-13-21-20(14-17)24(23(28)25(21)16-18-8-4-2-5-9-18)15-22(27)29-26(24)19-10-6-3-7-11-19/h2-14H,15-16H2,1H3/t24-/m1/s1. The molecule has 0 radical (unpaired) electrons. The Labute approximate surface area is 169 Å². The molecule has 0 N–H and O–H groups in total.